The molecule has 1 N–H and O–H groups in total. The Hall–Kier alpha value is -2.65. The van der Waals surface area contributed by atoms with Crippen molar-refractivity contribution in [2.45, 2.75) is 19.3 Å². The lowest BCUT2D eigenvalue weighted by Crippen LogP contribution is -2.46. The van der Waals surface area contributed by atoms with Crippen molar-refractivity contribution in [3.05, 3.63) is 51.4 Å². The number of ether oxygens (including phenoxy) is 4. The number of anilines is 1. The highest BCUT2D eigenvalue weighted by Crippen LogP contribution is 2.52. The molecular weight excluding hydrogens is 446 g/mol. The highest BCUT2D eigenvalue weighted by Gasteiger charge is 2.60. The van der Waals surface area contributed by atoms with Crippen LogP contribution in [0.5, 0.6) is 0 Å². The zero-order chi connectivity index (χ0) is 21.2. The van der Waals surface area contributed by atoms with Crippen LogP contribution in [-0.4, -0.2) is 44.8 Å². The minimum atomic E-state index is -1.75. The van der Waals surface area contributed by atoms with Crippen LogP contribution in [-0.2, 0) is 38.7 Å². The summed E-state index contributed by atoms with van der Waals surface area (Å²) in [4.78, 5) is 39.1. The lowest BCUT2D eigenvalue weighted by molar-refractivity contribution is -0.143. The van der Waals surface area contributed by atoms with Gasteiger partial charge in [-0.1, -0.05) is 15.9 Å². The summed E-state index contributed by atoms with van der Waals surface area (Å²) in [5.41, 5.74) is -1.02. The number of halogens is 1. The normalized spacial score (nSPS) is 20.0. The van der Waals surface area contributed by atoms with Gasteiger partial charge >= 0.3 is 11.9 Å². The smallest absolute Gasteiger partial charge is 0.339 e. The third kappa shape index (κ3) is 3.44. The highest BCUT2D eigenvalue weighted by molar-refractivity contribution is 9.10. The molecule has 0 fully saturated rings. The molecule has 3 rings (SSSR count). The Bertz CT molecular complexity index is 937. The molecule has 0 aliphatic carbocycles. The third-order valence-corrected chi connectivity index (χ3v) is 5.17. The van der Waals surface area contributed by atoms with Crippen LogP contribution < -0.4 is 5.32 Å². The second kappa shape index (κ2) is 8.38. The molecule has 9 heteroatoms. The van der Waals surface area contributed by atoms with Crippen LogP contribution in [0, 0.1) is 0 Å². The number of carbonyl (C=O) groups is 3. The maximum Gasteiger partial charge on any atom is 0.339 e. The number of methoxy groups -OCH3 is 1. The molecule has 0 saturated heterocycles. The van der Waals surface area contributed by atoms with E-state index in [1.54, 1.807) is 32.0 Å². The van der Waals surface area contributed by atoms with Gasteiger partial charge in [-0.05, 0) is 32.0 Å². The molecule has 0 aromatic heterocycles. The van der Waals surface area contributed by atoms with Crippen molar-refractivity contribution in [2.24, 2.45) is 0 Å². The SMILES string of the molecule is CCOC(=O)C1=C(C)OC=C(C(=O)OCCOC)[C@@]12C(=O)Nc1ccc(Br)cc12. The van der Waals surface area contributed by atoms with Gasteiger partial charge in [-0.3, -0.25) is 4.79 Å². The van der Waals surface area contributed by atoms with Crippen molar-refractivity contribution in [1.82, 2.24) is 0 Å². The van der Waals surface area contributed by atoms with Crippen molar-refractivity contribution in [3.63, 3.8) is 0 Å². The highest BCUT2D eigenvalue weighted by atomic mass is 79.9. The molecule has 0 radical (unpaired) electrons. The Labute approximate surface area is 176 Å². The second-order valence-electron chi connectivity index (χ2n) is 6.32. The fourth-order valence-electron chi connectivity index (χ4n) is 3.48. The number of carbonyl (C=O) groups excluding carboxylic acids is 3. The molecule has 29 heavy (non-hydrogen) atoms. The summed E-state index contributed by atoms with van der Waals surface area (Å²) < 4.78 is 21.5. The van der Waals surface area contributed by atoms with Crippen LogP contribution in [0.2, 0.25) is 0 Å². The molecule has 1 aromatic rings. The molecule has 1 amide bonds. The number of hydrogen-bond donors (Lipinski definition) is 1. The van der Waals surface area contributed by atoms with Crippen molar-refractivity contribution in [2.75, 3.05) is 32.2 Å². The van der Waals surface area contributed by atoms with E-state index in [1.165, 1.54) is 7.11 Å². The number of fused-ring (bicyclic) bond motifs is 2. The Morgan fingerprint density at radius 2 is 1.97 bits per heavy atom. The number of benzene rings is 1. The van der Waals surface area contributed by atoms with E-state index in [-0.39, 0.29) is 36.7 Å². The second-order valence-corrected chi connectivity index (χ2v) is 7.24. The lowest BCUT2D eigenvalue weighted by atomic mass is 9.68. The molecule has 154 valence electrons. The van der Waals surface area contributed by atoms with Crippen LogP contribution in [0.25, 0.3) is 0 Å². The Morgan fingerprint density at radius 1 is 1.21 bits per heavy atom. The molecule has 2 heterocycles. The average molecular weight is 466 g/mol. The monoisotopic (exact) mass is 465 g/mol. The van der Waals surface area contributed by atoms with E-state index in [0.717, 1.165) is 6.26 Å². The zero-order valence-electron chi connectivity index (χ0n) is 16.2. The number of rotatable bonds is 6. The average Bonchev–Trinajstić information content (AvgIpc) is 2.94. The number of nitrogens with one attached hydrogen (secondary N) is 1. The first-order chi connectivity index (χ1) is 13.9. The predicted octanol–water partition coefficient (Wildman–Crippen LogP) is 2.58. The van der Waals surface area contributed by atoms with E-state index >= 15 is 0 Å². The summed E-state index contributed by atoms with van der Waals surface area (Å²) in [5.74, 6) is -1.94. The van der Waals surface area contributed by atoms with Crippen LogP contribution in [0.15, 0.2) is 45.8 Å². The summed E-state index contributed by atoms with van der Waals surface area (Å²) in [6.45, 7) is 3.45. The van der Waals surface area contributed by atoms with Crippen LogP contribution in [0.3, 0.4) is 0 Å². The topological polar surface area (TPSA) is 100 Å². The first-order valence-corrected chi connectivity index (χ1v) is 9.70. The third-order valence-electron chi connectivity index (χ3n) is 4.68. The summed E-state index contributed by atoms with van der Waals surface area (Å²) in [7, 11) is 1.47. The van der Waals surface area contributed by atoms with Gasteiger partial charge < -0.3 is 24.3 Å². The quantitative estimate of drug-likeness (QED) is 0.508. The first-order valence-electron chi connectivity index (χ1n) is 8.91. The summed E-state index contributed by atoms with van der Waals surface area (Å²) in [6, 6.07) is 5.12. The first kappa shape index (κ1) is 21.1. The molecule has 2 aliphatic heterocycles. The minimum absolute atomic E-state index is 0.0207. The van der Waals surface area contributed by atoms with Gasteiger partial charge in [-0.15, -0.1) is 0 Å². The maximum absolute atomic E-state index is 13.3. The molecule has 1 spiro atoms. The van der Waals surface area contributed by atoms with E-state index in [1.807, 2.05) is 0 Å². The van der Waals surface area contributed by atoms with Gasteiger partial charge in [0.1, 0.15) is 24.0 Å². The summed E-state index contributed by atoms with van der Waals surface area (Å²) >= 11 is 3.39. The van der Waals surface area contributed by atoms with Gasteiger partial charge in [0.25, 0.3) is 0 Å². The van der Waals surface area contributed by atoms with E-state index in [9.17, 15) is 14.4 Å². The predicted molar refractivity (Wildman–Crippen MR) is 106 cm³/mol. The Morgan fingerprint density at radius 3 is 2.66 bits per heavy atom. The number of amides is 1. The summed E-state index contributed by atoms with van der Waals surface area (Å²) in [5, 5.41) is 2.75. The summed E-state index contributed by atoms with van der Waals surface area (Å²) in [6.07, 6.45) is 1.16. The van der Waals surface area contributed by atoms with Gasteiger partial charge in [0.15, 0.2) is 0 Å². The van der Waals surface area contributed by atoms with E-state index in [0.29, 0.717) is 15.7 Å². The van der Waals surface area contributed by atoms with E-state index in [4.69, 9.17) is 18.9 Å². The van der Waals surface area contributed by atoms with Crippen LogP contribution in [0.1, 0.15) is 19.4 Å². The fraction of sp³-hybridized carbons (Fsp3) is 0.350. The standard InChI is InChI=1S/C20H20BrNO7/c1-4-27-18(24)16-11(2)29-10-14(17(23)28-8-7-26-3)20(16)13-9-12(21)5-6-15(13)22-19(20)25/h5-6,9-10H,4,7-8H2,1-3H3,(H,22,25)/t20-/m1/s1. The molecule has 0 saturated carbocycles. The van der Waals surface area contributed by atoms with Gasteiger partial charge in [0, 0.05) is 22.8 Å². The van der Waals surface area contributed by atoms with Gasteiger partial charge in [-0.2, -0.15) is 0 Å². The molecule has 8 nitrogen and oxygen atoms in total. The van der Waals surface area contributed by atoms with Gasteiger partial charge in [0.05, 0.1) is 24.4 Å². The zero-order valence-corrected chi connectivity index (χ0v) is 17.8. The Kier molecular flexibility index (Phi) is 6.09. The molecule has 0 unspecified atom stereocenters. The van der Waals surface area contributed by atoms with Gasteiger partial charge in [0.2, 0.25) is 5.91 Å². The maximum atomic E-state index is 13.3. The van der Waals surface area contributed by atoms with Crippen LogP contribution >= 0.6 is 15.9 Å². The van der Waals surface area contributed by atoms with Crippen LogP contribution in [0.4, 0.5) is 5.69 Å². The molecule has 0 bridgehead atoms. The van der Waals surface area contributed by atoms with Crippen molar-refractivity contribution in [1.29, 1.82) is 0 Å². The fourth-order valence-corrected chi connectivity index (χ4v) is 3.84. The van der Waals surface area contributed by atoms with Gasteiger partial charge in [-0.25, -0.2) is 9.59 Å². The van der Waals surface area contributed by atoms with Crippen molar-refractivity contribution >= 4 is 39.5 Å². The lowest BCUT2D eigenvalue weighted by Gasteiger charge is -2.34. The molecular formula is C20H20BrNO7. The Balaban J connectivity index is 2.22. The number of hydrogen-bond acceptors (Lipinski definition) is 7. The molecule has 1 atom stereocenters. The largest absolute Gasteiger partial charge is 0.468 e. The van der Waals surface area contributed by atoms with E-state index in [2.05, 4.69) is 21.2 Å². The molecule has 2 aliphatic rings. The van der Waals surface area contributed by atoms with Crippen molar-refractivity contribution < 1.29 is 33.3 Å². The number of allylic oxidation sites excluding steroid dienone is 1. The number of esters is 2. The van der Waals surface area contributed by atoms with E-state index < -0.39 is 23.3 Å². The minimum Gasteiger partial charge on any atom is -0.468 e. The molecule has 1 aromatic carbocycles. The van der Waals surface area contributed by atoms with Crippen molar-refractivity contribution in [3.8, 4) is 0 Å².